The van der Waals surface area contributed by atoms with Crippen LogP contribution in [0.15, 0.2) is 6.33 Å². The number of rotatable bonds is 5. The van der Waals surface area contributed by atoms with Crippen LogP contribution in [0, 0.1) is 18.4 Å². The highest BCUT2D eigenvalue weighted by Crippen LogP contribution is 2.22. The van der Waals surface area contributed by atoms with Gasteiger partial charge in [-0.25, -0.2) is 4.98 Å². The lowest BCUT2D eigenvalue weighted by atomic mass is 9.79. The molecule has 0 radical (unpaired) electrons. The number of hydrogen-bond acceptors (Lipinski definition) is 7. The SMILES string of the molecule is BC(O)[C@@](C#C)(OC)[C@@H](O)Cn1cnc2c(N)nc(F)nc21. The first kappa shape index (κ1) is 16.2. The number of aromatic nitrogens is 4. The van der Waals surface area contributed by atoms with Gasteiger partial charge in [-0.15, -0.1) is 6.42 Å². The van der Waals surface area contributed by atoms with Crippen LogP contribution in [0.1, 0.15) is 0 Å². The molecule has 1 unspecified atom stereocenters. The smallest absolute Gasteiger partial charge is 0.312 e. The average Bonchev–Trinajstić information content (AvgIpc) is 2.84. The molecule has 2 aromatic heterocycles. The van der Waals surface area contributed by atoms with E-state index in [1.807, 2.05) is 0 Å². The molecule has 0 amide bonds. The zero-order chi connectivity index (χ0) is 16.5. The number of terminal acetylenes is 1. The predicted octanol–water partition coefficient (Wildman–Crippen LogP) is -2.12. The Hall–Kier alpha value is -2.22. The summed E-state index contributed by atoms with van der Waals surface area (Å²) in [4.78, 5) is 10.9. The number of anilines is 1. The highest BCUT2D eigenvalue weighted by atomic mass is 19.1. The molecule has 2 aromatic rings. The quantitative estimate of drug-likeness (QED) is 0.328. The normalized spacial score (nSPS) is 16.9. The van der Waals surface area contributed by atoms with E-state index in [0.29, 0.717) is 0 Å². The number of halogens is 1. The first-order valence-electron chi connectivity index (χ1n) is 6.38. The number of imidazole rings is 1. The van der Waals surface area contributed by atoms with E-state index in [-0.39, 0.29) is 23.5 Å². The van der Waals surface area contributed by atoms with Crippen molar-refractivity contribution in [2.75, 3.05) is 12.8 Å². The molecular weight excluding hydrogens is 292 g/mol. The maximum Gasteiger partial charge on any atom is 0.312 e. The van der Waals surface area contributed by atoms with Gasteiger partial charge in [0.1, 0.15) is 19.5 Å². The molecule has 0 aromatic carbocycles. The molecule has 2 heterocycles. The van der Waals surface area contributed by atoms with E-state index in [4.69, 9.17) is 16.9 Å². The maximum absolute atomic E-state index is 13.3. The number of ether oxygens (including phenoxy) is 1. The monoisotopic (exact) mass is 307 g/mol. The molecule has 8 nitrogen and oxygen atoms in total. The van der Waals surface area contributed by atoms with Crippen LogP contribution in [0.3, 0.4) is 0 Å². The second-order valence-corrected chi connectivity index (χ2v) is 4.78. The lowest BCUT2D eigenvalue weighted by Gasteiger charge is -2.34. The van der Waals surface area contributed by atoms with Crippen LogP contribution < -0.4 is 5.73 Å². The highest BCUT2D eigenvalue weighted by molar-refractivity contribution is 6.12. The maximum atomic E-state index is 13.3. The molecule has 116 valence electrons. The van der Waals surface area contributed by atoms with Gasteiger partial charge in [-0.1, -0.05) is 5.92 Å². The highest BCUT2D eigenvalue weighted by Gasteiger charge is 2.41. The zero-order valence-corrected chi connectivity index (χ0v) is 12.1. The van der Waals surface area contributed by atoms with Crippen molar-refractivity contribution < 1.29 is 19.3 Å². The van der Waals surface area contributed by atoms with Crippen LogP contribution in [0.4, 0.5) is 10.2 Å². The van der Waals surface area contributed by atoms with Crippen molar-refractivity contribution in [1.82, 2.24) is 19.5 Å². The molecule has 0 aliphatic carbocycles. The number of fused-ring (bicyclic) bond motifs is 1. The van der Waals surface area contributed by atoms with Crippen LogP contribution >= 0.6 is 0 Å². The van der Waals surface area contributed by atoms with Crippen molar-refractivity contribution in [2.45, 2.75) is 24.3 Å². The number of hydrogen-bond donors (Lipinski definition) is 3. The Bertz CT molecular complexity index is 731. The largest absolute Gasteiger partial charge is 0.398 e. The summed E-state index contributed by atoms with van der Waals surface area (Å²) in [5.74, 6) is 2.15. The zero-order valence-electron chi connectivity index (χ0n) is 12.1. The van der Waals surface area contributed by atoms with E-state index in [1.165, 1.54) is 25.9 Å². The Morgan fingerprint density at radius 1 is 1.59 bits per heavy atom. The third-order valence-corrected chi connectivity index (χ3v) is 3.51. The Morgan fingerprint density at radius 2 is 2.27 bits per heavy atom. The van der Waals surface area contributed by atoms with Crippen molar-refractivity contribution in [2.24, 2.45) is 0 Å². The molecule has 0 saturated carbocycles. The first-order valence-corrected chi connectivity index (χ1v) is 6.38. The van der Waals surface area contributed by atoms with Crippen LogP contribution in [0.25, 0.3) is 11.2 Å². The first-order chi connectivity index (χ1) is 10.4. The van der Waals surface area contributed by atoms with E-state index in [9.17, 15) is 14.6 Å². The summed E-state index contributed by atoms with van der Waals surface area (Å²) in [5, 5.41) is 20.2. The third-order valence-electron chi connectivity index (χ3n) is 3.51. The topological polar surface area (TPSA) is 119 Å². The second kappa shape index (κ2) is 5.88. The van der Waals surface area contributed by atoms with Crippen molar-refractivity contribution in [1.29, 1.82) is 0 Å². The Balaban J connectivity index is 2.41. The lowest BCUT2D eigenvalue weighted by molar-refractivity contribution is -0.108. The van der Waals surface area contributed by atoms with Crippen molar-refractivity contribution in [3.63, 3.8) is 0 Å². The minimum atomic E-state index is -1.62. The minimum absolute atomic E-state index is 0.108. The summed E-state index contributed by atoms with van der Waals surface area (Å²) >= 11 is 0. The summed E-state index contributed by atoms with van der Waals surface area (Å²) in [5.41, 5.74) is 4.25. The van der Waals surface area contributed by atoms with Gasteiger partial charge < -0.3 is 25.3 Å². The van der Waals surface area contributed by atoms with E-state index >= 15 is 0 Å². The van der Waals surface area contributed by atoms with Gasteiger partial charge in [0.25, 0.3) is 0 Å². The van der Waals surface area contributed by atoms with Gasteiger partial charge in [-0.2, -0.15) is 14.4 Å². The fraction of sp³-hybridized carbons (Fsp3) is 0.417. The summed E-state index contributed by atoms with van der Waals surface area (Å²) in [6, 6.07) is -1.14. The number of nitrogens with zero attached hydrogens (tertiary/aromatic N) is 4. The number of aliphatic hydroxyl groups is 2. The Kier molecular flexibility index (Phi) is 4.32. The van der Waals surface area contributed by atoms with Crippen LogP contribution in [-0.4, -0.2) is 62.4 Å². The fourth-order valence-electron chi connectivity index (χ4n) is 2.25. The molecule has 0 bridgehead atoms. The molecule has 0 saturated heterocycles. The van der Waals surface area contributed by atoms with Gasteiger partial charge in [-0.05, 0) is 0 Å². The average molecular weight is 307 g/mol. The number of methoxy groups -OCH3 is 1. The number of aliphatic hydroxyl groups excluding tert-OH is 2. The van der Waals surface area contributed by atoms with Gasteiger partial charge in [0, 0.05) is 7.11 Å². The van der Waals surface area contributed by atoms with Gasteiger partial charge >= 0.3 is 6.08 Å². The molecule has 0 aliphatic rings. The standard InChI is InChI=1S/C12H15BFN5O3/c1-3-12(22-2,10(13)21)6(20)4-19-5-16-7-8(15)17-11(14)18-9(7)19/h1,5-6,10,20-21H,4,13H2,2H3,(H2,15,17,18)/t6-,10?,12-/m0/s1. The molecule has 10 heteroatoms. The van der Waals surface area contributed by atoms with E-state index in [0.717, 1.165) is 0 Å². The van der Waals surface area contributed by atoms with Gasteiger partial charge in [-0.3, -0.25) is 0 Å². The van der Waals surface area contributed by atoms with Crippen molar-refractivity contribution in [3.8, 4) is 12.3 Å². The molecule has 2 rings (SSSR count). The van der Waals surface area contributed by atoms with Crippen molar-refractivity contribution >= 4 is 24.8 Å². The minimum Gasteiger partial charge on any atom is -0.398 e. The second-order valence-electron chi connectivity index (χ2n) is 4.78. The molecular formula is C12H15BFN5O3. The molecule has 0 spiro atoms. The molecule has 0 aliphatic heterocycles. The summed E-state index contributed by atoms with van der Waals surface area (Å²) in [6.07, 6.45) is 4.40. The number of nitrogens with two attached hydrogens (primary N) is 1. The van der Waals surface area contributed by atoms with E-state index < -0.39 is 23.8 Å². The summed E-state index contributed by atoms with van der Waals surface area (Å²) in [7, 11) is 2.68. The number of nitrogen functional groups attached to an aromatic ring is 1. The summed E-state index contributed by atoms with van der Waals surface area (Å²) < 4.78 is 19.8. The predicted molar refractivity (Wildman–Crippen MR) is 78.8 cm³/mol. The van der Waals surface area contributed by atoms with E-state index in [2.05, 4.69) is 20.9 Å². The van der Waals surface area contributed by atoms with Gasteiger partial charge in [0.15, 0.2) is 17.1 Å². The van der Waals surface area contributed by atoms with Gasteiger partial charge in [0.2, 0.25) is 0 Å². The summed E-state index contributed by atoms with van der Waals surface area (Å²) in [6.45, 7) is -0.130. The lowest BCUT2D eigenvalue weighted by Crippen LogP contribution is -2.54. The fourth-order valence-corrected chi connectivity index (χ4v) is 2.25. The molecule has 4 N–H and O–H groups in total. The van der Waals surface area contributed by atoms with E-state index in [1.54, 1.807) is 0 Å². The van der Waals surface area contributed by atoms with Gasteiger partial charge in [0.05, 0.1) is 18.9 Å². The third kappa shape index (κ3) is 2.50. The molecule has 3 atom stereocenters. The molecule has 0 fully saturated rings. The van der Waals surface area contributed by atoms with Crippen LogP contribution in [-0.2, 0) is 11.3 Å². The van der Waals surface area contributed by atoms with Crippen molar-refractivity contribution in [3.05, 3.63) is 12.4 Å². The molecule has 22 heavy (non-hydrogen) atoms. The Labute approximate surface area is 126 Å². The van der Waals surface area contributed by atoms with Crippen LogP contribution in [0.2, 0.25) is 0 Å². The Morgan fingerprint density at radius 3 is 2.82 bits per heavy atom. The van der Waals surface area contributed by atoms with Crippen LogP contribution in [0.5, 0.6) is 0 Å².